The van der Waals surface area contributed by atoms with Crippen molar-refractivity contribution >= 4 is 5.91 Å². The molecule has 0 fully saturated rings. The van der Waals surface area contributed by atoms with Crippen LogP contribution in [0.4, 0.5) is 0 Å². The molecule has 1 aromatic heterocycles. The monoisotopic (exact) mass is 332 g/mol. The molecule has 1 atom stereocenters. The number of rotatable bonds is 6. The number of ether oxygens (including phenoxy) is 1. The van der Waals surface area contributed by atoms with E-state index in [4.69, 9.17) is 4.74 Å². The van der Waals surface area contributed by atoms with Gasteiger partial charge in [0.1, 0.15) is 5.75 Å². The first-order valence-corrected chi connectivity index (χ1v) is 8.20. The molecule has 2 aromatic carbocycles. The predicted molar refractivity (Wildman–Crippen MR) is 98.2 cm³/mol. The van der Waals surface area contributed by atoms with Gasteiger partial charge in [-0.15, -0.1) is 0 Å². The smallest absolute Gasteiger partial charge is 0.258 e. The van der Waals surface area contributed by atoms with Gasteiger partial charge < -0.3 is 10.1 Å². The van der Waals surface area contributed by atoms with Crippen LogP contribution in [-0.2, 0) is 4.79 Å². The van der Waals surface area contributed by atoms with E-state index >= 15 is 0 Å². The fourth-order valence-corrected chi connectivity index (χ4v) is 2.52. The molecule has 3 aromatic rings. The van der Waals surface area contributed by atoms with E-state index < -0.39 is 0 Å². The van der Waals surface area contributed by atoms with Crippen molar-refractivity contribution < 1.29 is 9.53 Å². The van der Waals surface area contributed by atoms with Crippen LogP contribution in [0.25, 0.3) is 11.1 Å². The molecule has 4 heteroatoms. The molecule has 0 aliphatic heterocycles. The Bertz CT molecular complexity index is 802. The molecule has 25 heavy (non-hydrogen) atoms. The summed E-state index contributed by atoms with van der Waals surface area (Å²) in [6.07, 6.45) is 3.45. The number of pyridine rings is 1. The number of nitrogens with zero attached hydrogens (tertiary/aromatic N) is 1. The van der Waals surface area contributed by atoms with Gasteiger partial charge in [0.25, 0.3) is 5.91 Å². The Morgan fingerprint density at radius 1 is 1.00 bits per heavy atom. The molecule has 0 aliphatic carbocycles. The van der Waals surface area contributed by atoms with Gasteiger partial charge in [-0.3, -0.25) is 9.78 Å². The molecule has 4 nitrogen and oxygen atoms in total. The van der Waals surface area contributed by atoms with Crippen molar-refractivity contribution in [3.63, 3.8) is 0 Å². The number of carbonyl (C=O) groups is 1. The molecule has 0 aliphatic rings. The zero-order valence-corrected chi connectivity index (χ0v) is 14.1. The van der Waals surface area contributed by atoms with Crippen LogP contribution in [0.2, 0.25) is 0 Å². The molecule has 0 unspecified atom stereocenters. The number of nitrogens with one attached hydrogen (secondary N) is 1. The number of hydrogen-bond donors (Lipinski definition) is 1. The van der Waals surface area contributed by atoms with E-state index in [0.717, 1.165) is 16.7 Å². The highest BCUT2D eigenvalue weighted by Crippen LogP contribution is 2.22. The summed E-state index contributed by atoms with van der Waals surface area (Å²) in [6.45, 7) is 1.90. The highest BCUT2D eigenvalue weighted by Gasteiger charge is 2.10. The van der Waals surface area contributed by atoms with E-state index in [9.17, 15) is 4.79 Å². The number of hydrogen-bond acceptors (Lipinski definition) is 3. The summed E-state index contributed by atoms with van der Waals surface area (Å²) in [6, 6.07) is 21.5. The molecule has 3 rings (SSSR count). The van der Waals surface area contributed by atoms with E-state index in [1.807, 2.05) is 61.5 Å². The van der Waals surface area contributed by atoms with Crippen molar-refractivity contribution in [2.75, 3.05) is 6.61 Å². The minimum Gasteiger partial charge on any atom is -0.484 e. The van der Waals surface area contributed by atoms with E-state index in [-0.39, 0.29) is 18.6 Å². The van der Waals surface area contributed by atoms with Gasteiger partial charge in [-0.1, -0.05) is 48.5 Å². The van der Waals surface area contributed by atoms with Crippen molar-refractivity contribution in [1.29, 1.82) is 0 Å². The lowest BCUT2D eigenvalue weighted by atomic mass is 10.1. The second kappa shape index (κ2) is 8.11. The van der Waals surface area contributed by atoms with Crippen LogP contribution in [0.5, 0.6) is 5.75 Å². The topological polar surface area (TPSA) is 51.2 Å². The molecular weight excluding hydrogens is 312 g/mol. The highest BCUT2D eigenvalue weighted by molar-refractivity contribution is 5.78. The molecule has 0 saturated carbocycles. The second-order valence-corrected chi connectivity index (χ2v) is 5.75. The molecule has 0 bridgehead atoms. The van der Waals surface area contributed by atoms with Crippen molar-refractivity contribution in [3.8, 4) is 16.9 Å². The fraction of sp³-hybridized carbons (Fsp3) is 0.143. The van der Waals surface area contributed by atoms with Crippen molar-refractivity contribution in [3.05, 3.63) is 84.7 Å². The molecule has 1 amide bonds. The normalized spacial score (nSPS) is 11.6. The van der Waals surface area contributed by atoms with E-state index in [2.05, 4.69) is 22.4 Å². The summed E-state index contributed by atoms with van der Waals surface area (Å²) in [5.41, 5.74) is 3.22. The van der Waals surface area contributed by atoms with Crippen LogP contribution in [0.15, 0.2) is 79.1 Å². The van der Waals surface area contributed by atoms with Crippen LogP contribution in [0, 0.1) is 0 Å². The molecule has 1 heterocycles. The fourth-order valence-electron chi connectivity index (χ4n) is 2.52. The lowest BCUT2D eigenvalue weighted by Gasteiger charge is -2.14. The van der Waals surface area contributed by atoms with Crippen molar-refractivity contribution in [2.24, 2.45) is 0 Å². The van der Waals surface area contributed by atoms with Gasteiger partial charge in [0, 0.05) is 12.4 Å². The van der Waals surface area contributed by atoms with Gasteiger partial charge >= 0.3 is 0 Å². The van der Waals surface area contributed by atoms with E-state index in [0.29, 0.717) is 5.75 Å². The molecule has 126 valence electrons. The lowest BCUT2D eigenvalue weighted by Crippen LogP contribution is -2.31. The van der Waals surface area contributed by atoms with Crippen LogP contribution >= 0.6 is 0 Å². The molecule has 0 saturated heterocycles. The maximum absolute atomic E-state index is 12.0. The Hall–Kier alpha value is -3.14. The van der Waals surface area contributed by atoms with Gasteiger partial charge in [-0.05, 0) is 41.8 Å². The first kappa shape index (κ1) is 16.7. The number of amides is 1. The second-order valence-electron chi connectivity index (χ2n) is 5.75. The standard InChI is InChI=1S/C21H20N2O2/c1-16(19-8-5-13-22-14-19)23-21(24)15-25-20-11-9-18(10-12-20)17-6-3-2-4-7-17/h2-14,16H,15H2,1H3,(H,23,24)/t16-/m0/s1. The van der Waals surface area contributed by atoms with Gasteiger partial charge in [0.05, 0.1) is 6.04 Å². The molecule has 0 spiro atoms. The summed E-state index contributed by atoms with van der Waals surface area (Å²) in [7, 11) is 0. The largest absolute Gasteiger partial charge is 0.484 e. The molecule has 1 N–H and O–H groups in total. The van der Waals surface area contributed by atoms with Crippen molar-refractivity contribution in [1.82, 2.24) is 10.3 Å². The third-order valence-electron chi connectivity index (χ3n) is 3.89. The van der Waals surface area contributed by atoms with Crippen molar-refractivity contribution in [2.45, 2.75) is 13.0 Å². The van der Waals surface area contributed by atoms with Crippen LogP contribution in [0.3, 0.4) is 0 Å². The Morgan fingerprint density at radius 2 is 1.72 bits per heavy atom. The number of benzene rings is 2. The minimum absolute atomic E-state index is 0.0186. The number of aromatic nitrogens is 1. The summed E-state index contributed by atoms with van der Waals surface area (Å²) in [4.78, 5) is 16.1. The SMILES string of the molecule is C[C@H](NC(=O)COc1ccc(-c2ccccc2)cc1)c1cccnc1. The summed E-state index contributed by atoms with van der Waals surface area (Å²) in [5, 5.41) is 2.90. The van der Waals surface area contributed by atoms with E-state index in [1.165, 1.54) is 0 Å². The van der Waals surface area contributed by atoms with E-state index in [1.54, 1.807) is 12.4 Å². The third-order valence-corrected chi connectivity index (χ3v) is 3.89. The Labute approximate surface area is 147 Å². The van der Waals surface area contributed by atoms with Gasteiger partial charge in [-0.25, -0.2) is 0 Å². The average Bonchev–Trinajstić information content (AvgIpc) is 2.68. The highest BCUT2D eigenvalue weighted by atomic mass is 16.5. The third kappa shape index (κ3) is 4.67. The summed E-state index contributed by atoms with van der Waals surface area (Å²) < 4.78 is 5.57. The first-order valence-electron chi connectivity index (χ1n) is 8.20. The Balaban J connectivity index is 1.52. The lowest BCUT2D eigenvalue weighted by molar-refractivity contribution is -0.123. The summed E-state index contributed by atoms with van der Waals surface area (Å²) in [5.74, 6) is 0.507. The van der Waals surface area contributed by atoms with Gasteiger partial charge in [-0.2, -0.15) is 0 Å². The van der Waals surface area contributed by atoms with Crippen LogP contribution in [-0.4, -0.2) is 17.5 Å². The maximum Gasteiger partial charge on any atom is 0.258 e. The zero-order valence-electron chi connectivity index (χ0n) is 14.1. The predicted octanol–water partition coefficient (Wildman–Crippen LogP) is 4.00. The van der Waals surface area contributed by atoms with Gasteiger partial charge in [0.15, 0.2) is 6.61 Å². The minimum atomic E-state index is -0.163. The van der Waals surface area contributed by atoms with Crippen LogP contribution in [0.1, 0.15) is 18.5 Å². The molecule has 0 radical (unpaired) electrons. The first-order chi connectivity index (χ1) is 12.2. The quantitative estimate of drug-likeness (QED) is 0.742. The Morgan fingerprint density at radius 3 is 2.40 bits per heavy atom. The number of carbonyl (C=O) groups excluding carboxylic acids is 1. The van der Waals surface area contributed by atoms with Gasteiger partial charge in [0.2, 0.25) is 0 Å². The Kier molecular flexibility index (Phi) is 5.42. The maximum atomic E-state index is 12.0. The average molecular weight is 332 g/mol. The summed E-state index contributed by atoms with van der Waals surface area (Å²) >= 11 is 0. The molecular formula is C21H20N2O2. The zero-order chi connectivity index (χ0) is 17.5. The van der Waals surface area contributed by atoms with Crippen LogP contribution < -0.4 is 10.1 Å².